The summed E-state index contributed by atoms with van der Waals surface area (Å²) in [5.74, 6) is 0.0114. The molecule has 1 heterocycles. The van der Waals surface area contributed by atoms with Crippen molar-refractivity contribution >= 4 is 5.91 Å². The number of nitrogens with zero attached hydrogens (tertiary/aromatic N) is 2. The number of H-pyrrole nitrogens is 1. The summed E-state index contributed by atoms with van der Waals surface area (Å²) in [5, 5.41) is 7.94. The zero-order chi connectivity index (χ0) is 19.2. The molecule has 1 aromatic heterocycles. The fourth-order valence-electron chi connectivity index (χ4n) is 3.85. The van der Waals surface area contributed by atoms with E-state index in [0.29, 0.717) is 5.56 Å². The first-order valence-electron chi connectivity index (χ1n) is 9.37. The van der Waals surface area contributed by atoms with Gasteiger partial charge in [-0.15, -0.1) is 0 Å². The Kier molecular flexibility index (Phi) is 4.14. The molecule has 0 spiro atoms. The third-order valence-electron chi connectivity index (χ3n) is 5.65. The minimum absolute atomic E-state index is 0.0114. The molecule has 1 fully saturated rings. The van der Waals surface area contributed by atoms with E-state index in [1.807, 2.05) is 24.3 Å². The molecule has 1 aliphatic rings. The van der Waals surface area contributed by atoms with Crippen LogP contribution in [-0.2, 0) is 5.41 Å². The second kappa shape index (κ2) is 6.38. The van der Waals surface area contributed by atoms with Crippen LogP contribution in [0.15, 0.2) is 48.5 Å². The number of amides is 1. The van der Waals surface area contributed by atoms with Gasteiger partial charge in [0, 0.05) is 36.3 Å². The highest BCUT2D eigenvalue weighted by molar-refractivity contribution is 5.94. The van der Waals surface area contributed by atoms with Crippen molar-refractivity contribution in [1.82, 2.24) is 15.1 Å². The van der Waals surface area contributed by atoms with Gasteiger partial charge >= 0.3 is 0 Å². The van der Waals surface area contributed by atoms with Crippen LogP contribution in [0, 0.1) is 13.8 Å². The van der Waals surface area contributed by atoms with E-state index in [1.54, 1.807) is 19.0 Å². The first-order valence-corrected chi connectivity index (χ1v) is 9.37. The van der Waals surface area contributed by atoms with Gasteiger partial charge in [0.05, 0.1) is 5.69 Å². The molecular formula is C23H25N3O. The van der Waals surface area contributed by atoms with Gasteiger partial charge < -0.3 is 4.90 Å². The van der Waals surface area contributed by atoms with Crippen LogP contribution in [0.4, 0.5) is 0 Å². The first kappa shape index (κ1) is 17.5. The third kappa shape index (κ3) is 2.95. The summed E-state index contributed by atoms with van der Waals surface area (Å²) in [7, 11) is 3.53. The Balaban J connectivity index is 1.67. The molecule has 1 N–H and O–H groups in total. The Hall–Kier alpha value is -2.88. The minimum Gasteiger partial charge on any atom is -0.345 e. The van der Waals surface area contributed by atoms with E-state index in [1.165, 1.54) is 22.4 Å². The van der Waals surface area contributed by atoms with Crippen molar-refractivity contribution in [2.75, 3.05) is 14.1 Å². The molecule has 3 aromatic rings. The molecule has 2 aromatic carbocycles. The Morgan fingerprint density at radius 3 is 2.19 bits per heavy atom. The molecule has 4 nitrogen and oxygen atoms in total. The summed E-state index contributed by atoms with van der Waals surface area (Å²) in [6.07, 6.45) is 2.30. The minimum atomic E-state index is 0.0114. The van der Waals surface area contributed by atoms with Gasteiger partial charge in [-0.05, 0) is 49.9 Å². The van der Waals surface area contributed by atoms with Crippen molar-refractivity contribution in [1.29, 1.82) is 0 Å². The molecule has 27 heavy (non-hydrogen) atoms. The number of aromatic amines is 1. The fourth-order valence-corrected chi connectivity index (χ4v) is 3.85. The predicted molar refractivity (Wildman–Crippen MR) is 108 cm³/mol. The van der Waals surface area contributed by atoms with Crippen LogP contribution in [0.5, 0.6) is 0 Å². The monoisotopic (exact) mass is 359 g/mol. The number of aryl methyl sites for hydroxylation is 1. The number of carbonyl (C=O) groups excluding carboxylic acids is 1. The predicted octanol–water partition coefficient (Wildman–Crippen LogP) is 4.48. The average Bonchev–Trinajstić information content (AvgIpc) is 3.38. The number of nitrogens with one attached hydrogen (secondary N) is 1. The summed E-state index contributed by atoms with van der Waals surface area (Å²) < 4.78 is 0. The van der Waals surface area contributed by atoms with Gasteiger partial charge in [-0.2, -0.15) is 5.10 Å². The Morgan fingerprint density at radius 2 is 1.63 bits per heavy atom. The van der Waals surface area contributed by atoms with Crippen LogP contribution in [0.25, 0.3) is 11.3 Å². The van der Waals surface area contributed by atoms with E-state index in [2.05, 4.69) is 48.3 Å². The van der Waals surface area contributed by atoms with E-state index >= 15 is 0 Å². The largest absolute Gasteiger partial charge is 0.345 e. The number of rotatable bonds is 4. The van der Waals surface area contributed by atoms with Gasteiger partial charge in [-0.25, -0.2) is 0 Å². The second-order valence-electron chi connectivity index (χ2n) is 7.80. The maximum absolute atomic E-state index is 12.1. The summed E-state index contributed by atoms with van der Waals surface area (Å²) in [6.45, 7) is 4.26. The van der Waals surface area contributed by atoms with Gasteiger partial charge in [-0.1, -0.05) is 42.0 Å². The number of hydrogen-bond donors (Lipinski definition) is 1. The number of carbonyl (C=O) groups is 1. The van der Waals surface area contributed by atoms with Gasteiger partial charge in [0.1, 0.15) is 0 Å². The molecule has 0 atom stereocenters. The number of hydrogen-bond acceptors (Lipinski definition) is 2. The van der Waals surface area contributed by atoms with Gasteiger partial charge in [-0.3, -0.25) is 9.89 Å². The highest BCUT2D eigenvalue weighted by Gasteiger charge is 2.48. The molecule has 4 heteroatoms. The lowest BCUT2D eigenvalue weighted by molar-refractivity contribution is 0.0827. The molecule has 1 amide bonds. The van der Waals surface area contributed by atoms with Crippen molar-refractivity contribution in [2.45, 2.75) is 32.1 Å². The van der Waals surface area contributed by atoms with Crippen LogP contribution < -0.4 is 0 Å². The third-order valence-corrected chi connectivity index (χ3v) is 5.65. The standard InChI is InChI=1S/C23H25N3O/c1-15-5-11-19(12-6-15)23(13-14-23)21-16(2)20(24-25-21)17-7-9-18(10-8-17)22(27)26(3)4/h5-12H,13-14H2,1-4H3,(H,24,25). The molecule has 1 aliphatic carbocycles. The summed E-state index contributed by atoms with van der Waals surface area (Å²) in [6, 6.07) is 16.6. The van der Waals surface area contributed by atoms with E-state index in [9.17, 15) is 4.79 Å². The Bertz CT molecular complexity index is 977. The highest BCUT2D eigenvalue weighted by Crippen LogP contribution is 2.54. The van der Waals surface area contributed by atoms with Crippen molar-refractivity contribution in [2.24, 2.45) is 0 Å². The van der Waals surface area contributed by atoms with E-state index in [-0.39, 0.29) is 11.3 Å². The second-order valence-corrected chi connectivity index (χ2v) is 7.80. The van der Waals surface area contributed by atoms with Gasteiger partial charge in [0.2, 0.25) is 0 Å². The topological polar surface area (TPSA) is 49.0 Å². The smallest absolute Gasteiger partial charge is 0.253 e. The molecule has 4 rings (SSSR count). The quantitative estimate of drug-likeness (QED) is 0.747. The Labute approximate surface area is 160 Å². The lowest BCUT2D eigenvalue weighted by Crippen LogP contribution is -2.21. The van der Waals surface area contributed by atoms with Crippen LogP contribution >= 0.6 is 0 Å². The van der Waals surface area contributed by atoms with Crippen molar-refractivity contribution in [3.63, 3.8) is 0 Å². The molecule has 0 saturated heterocycles. The zero-order valence-corrected chi connectivity index (χ0v) is 16.3. The summed E-state index contributed by atoms with van der Waals surface area (Å²) in [5.41, 5.74) is 7.81. The van der Waals surface area contributed by atoms with E-state index < -0.39 is 0 Å². The number of aromatic nitrogens is 2. The summed E-state index contributed by atoms with van der Waals surface area (Å²) >= 11 is 0. The summed E-state index contributed by atoms with van der Waals surface area (Å²) in [4.78, 5) is 13.7. The van der Waals surface area contributed by atoms with Crippen molar-refractivity contribution in [3.8, 4) is 11.3 Å². The lowest BCUT2D eigenvalue weighted by Gasteiger charge is -2.15. The molecular weight excluding hydrogens is 334 g/mol. The fraction of sp³-hybridized carbons (Fsp3) is 0.304. The normalized spacial score (nSPS) is 14.8. The molecule has 0 aliphatic heterocycles. The van der Waals surface area contributed by atoms with E-state index in [4.69, 9.17) is 0 Å². The molecule has 138 valence electrons. The molecule has 0 unspecified atom stereocenters. The lowest BCUT2D eigenvalue weighted by atomic mass is 9.88. The molecule has 0 radical (unpaired) electrons. The SMILES string of the molecule is Cc1ccc(C2(c3[nH]nc(-c4ccc(C(=O)N(C)C)cc4)c3C)CC2)cc1. The maximum atomic E-state index is 12.1. The van der Waals surface area contributed by atoms with Crippen molar-refractivity contribution in [3.05, 3.63) is 76.5 Å². The zero-order valence-electron chi connectivity index (χ0n) is 16.3. The van der Waals surface area contributed by atoms with Crippen molar-refractivity contribution < 1.29 is 4.79 Å². The van der Waals surface area contributed by atoms with Crippen LogP contribution in [0.2, 0.25) is 0 Å². The van der Waals surface area contributed by atoms with Crippen LogP contribution in [0.3, 0.4) is 0 Å². The van der Waals surface area contributed by atoms with Gasteiger partial charge in [0.15, 0.2) is 0 Å². The average molecular weight is 359 g/mol. The number of benzene rings is 2. The molecule has 1 saturated carbocycles. The Morgan fingerprint density at radius 1 is 1.00 bits per heavy atom. The first-order chi connectivity index (χ1) is 12.9. The van der Waals surface area contributed by atoms with Crippen LogP contribution in [-0.4, -0.2) is 35.1 Å². The molecule has 0 bridgehead atoms. The van der Waals surface area contributed by atoms with E-state index in [0.717, 1.165) is 24.1 Å². The highest BCUT2D eigenvalue weighted by atomic mass is 16.2. The maximum Gasteiger partial charge on any atom is 0.253 e. The van der Waals surface area contributed by atoms with Crippen LogP contribution in [0.1, 0.15) is 45.6 Å². The van der Waals surface area contributed by atoms with Gasteiger partial charge in [0.25, 0.3) is 5.91 Å².